The largest absolute Gasteiger partial charge is 0.410 e. The molecule has 0 unspecified atom stereocenters. The molecule has 0 radical (unpaired) electrons. The normalized spacial score (nSPS) is 19.6. The van der Waals surface area contributed by atoms with E-state index in [0.717, 1.165) is 24.0 Å². The molecule has 0 aliphatic heterocycles. The summed E-state index contributed by atoms with van der Waals surface area (Å²) < 4.78 is 20.6. The number of benzene rings is 1. The van der Waals surface area contributed by atoms with Gasteiger partial charge in [0.15, 0.2) is 8.32 Å². The first-order chi connectivity index (χ1) is 8.63. The smallest absolute Gasteiger partial charge is 0.192 e. The fraction of sp³-hybridized carbons (Fsp3) is 0.600. The molecule has 1 aromatic carbocycles. The molecule has 0 fully saturated rings. The topological polar surface area (TPSA) is 9.23 Å². The number of rotatable bonds is 2. The third kappa shape index (κ3) is 2.81. The summed E-state index contributed by atoms with van der Waals surface area (Å²) >= 11 is 3.36. The van der Waals surface area contributed by atoms with E-state index in [2.05, 4.69) is 49.8 Å². The first kappa shape index (κ1) is 15.2. The van der Waals surface area contributed by atoms with Crippen molar-refractivity contribution < 1.29 is 8.82 Å². The SMILES string of the molecule is CC(C)(C)[Si](C)(C)O[C@H]1CCc2c1ccc(F)c2Br. The van der Waals surface area contributed by atoms with Gasteiger partial charge in [-0.3, -0.25) is 0 Å². The second-order valence-corrected chi connectivity index (χ2v) is 12.4. The molecule has 0 bridgehead atoms. The lowest BCUT2D eigenvalue weighted by atomic mass is 10.1. The minimum atomic E-state index is -1.78. The van der Waals surface area contributed by atoms with Gasteiger partial charge in [0.2, 0.25) is 0 Å². The minimum absolute atomic E-state index is 0.132. The third-order valence-corrected chi connectivity index (χ3v) is 9.82. The summed E-state index contributed by atoms with van der Waals surface area (Å²) in [6, 6.07) is 3.43. The van der Waals surface area contributed by atoms with E-state index in [1.807, 2.05) is 6.07 Å². The van der Waals surface area contributed by atoms with Crippen LogP contribution in [0.4, 0.5) is 4.39 Å². The highest BCUT2D eigenvalue weighted by molar-refractivity contribution is 9.10. The Morgan fingerprint density at radius 1 is 1.32 bits per heavy atom. The molecule has 2 rings (SSSR count). The minimum Gasteiger partial charge on any atom is -0.410 e. The average molecular weight is 345 g/mol. The van der Waals surface area contributed by atoms with Crippen LogP contribution in [0.15, 0.2) is 16.6 Å². The number of hydrogen-bond acceptors (Lipinski definition) is 1. The van der Waals surface area contributed by atoms with E-state index in [1.54, 1.807) is 0 Å². The highest BCUT2D eigenvalue weighted by Crippen LogP contribution is 2.45. The summed E-state index contributed by atoms with van der Waals surface area (Å²) in [5.41, 5.74) is 2.25. The molecule has 1 aliphatic carbocycles. The summed E-state index contributed by atoms with van der Waals surface area (Å²) in [5, 5.41) is 0.201. The van der Waals surface area contributed by atoms with E-state index in [-0.39, 0.29) is 17.0 Å². The van der Waals surface area contributed by atoms with Gasteiger partial charge in [-0.25, -0.2) is 4.39 Å². The molecule has 19 heavy (non-hydrogen) atoms. The molecule has 1 nitrogen and oxygen atoms in total. The lowest BCUT2D eigenvalue weighted by Crippen LogP contribution is -2.41. The Balaban J connectivity index is 2.27. The lowest BCUT2D eigenvalue weighted by molar-refractivity contribution is 0.185. The highest BCUT2D eigenvalue weighted by Gasteiger charge is 2.41. The van der Waals surface area contributed by atoms with E-state index >= 15 is 0 Å². The molecule has 0 heterocycles. The molecule has 0 N–H and O–H groups in total. The van der Waals surface area contributed by atoms with Crippen molar-refractivity contribution in [2.45, 2.75) is 57.8 Å². The zero-order valence-electron chi connectivity index (χ0n) is 12.3. The van der Waals surface area contributed by atoms with Crippen molar-refractivity contribution >= 4 is 24.2 Å². The average Bonchev–Trinajstić information content (AvgIpc) is 2.65. The lowest BCUT2D eigenvalue weighted by Gasteiger charge is -2.38. The van der Waals surface area contributed by atoms with E-state index in [4.69, 9.17) is 4.43 Å². The summed E-state index contributed by atoms with van der Waals surface area (Å²) in [4.78, 5) is 0. The quantitative estimate of drug-likeness (QED) is 0.634. The van der Waals surface area contributed by atoms with E-state index in [0.29, 0.717) is 4.47 Å². The van der Waals surface area contributed by atoms with Gasteiger partial charge in [-0.1, -0.05) is 26.8 Å². The molecule has 1 atom stereocenters. The van der Waals surface area contributed by atoms with Crippen molar-refractivity contribution in [3.05, 3.63) is 33.5 Å². The Kier molecular flexibility index (Phi) is 3.98. The van der Waals surface area contributed by atoms with Crippen LogP contribution in [0.2, 0.25) is 18.1 Å². The summed E-state index contributed by atoms with van der Waals surface area (Å²) in [6.07, 6.45) is 1.99. The molecule has 0 amide bonds. The van der Waals surface area contributed by atoms with Gasteiger partial charge in [-0.15, -0.1) is 0 Å². The number of halogens is 2. The first-order valence-corrected chi connectivity index (χ1v) is 10.5. The van der Waals surface area contributed by atoms with Gasteiger partial charge in [0.25, 0.3) is 0 Å². The van der Waals surface area contributed by atoms with Gasteiger partial charge in [0.05, 0.1) is 10.6 Å². The zero-order chi connectivity index (χ0) is 14.4. The Labute approximate surface area is 124 Å². The van der Waals surface area contributed by atoms with Crippen molar-refractivity contribution in [1.82, 2.24) is 0 Å². The molecule has 1 aromatic rings. The fourth-order valence-electron chi connectivity index (χ4n) is 2.25. The van der Waals surface area contributed by atoms with Crippen molar-refractivity contribution in [1.29, 1.82) is 0 Å². The van der Waals surface area contributed by atoms with Gasteiger partial charge < -0.3 is 4.43 Å². The Hall–Kier alpha value is -0.193. The van der Waals surface area contributed by atoms with Crippen LogP contribution in [0.5, 0.6) is 0 Å². The molecular weight excluding hydrogens is 323 g/mol. The van der Waals surface area contributed by atoms with Gasteiger partial charge in [0, 0.05) is 0 Å². The Morgan fingerprint density at radius 3 is 2.53 bits per heavy atom. The number of hydrogen-bond donors (Lipinski definition) is 0. The molecule has 106 valence electrons. The molecule has 0 aromatic heterocycles. The predicted molar refractivity (Wildman–Crippen MR) is 83.4 cm³/mol. The molecule has 1 aliphatic rings. The van der Waals surface area contributed by atoms with Gasteiger partial charge in [0.1, 0.15) is 5.82 Å². The zero-order valence-corrected chi connectivity index (χ0v) is 14.9. The van der Waals surface area contributed by atoms with E-state index < -0.39 is 8.32 Å². The van der Waals surface area contributed by atoms with Crippen LogP contribution >= 0.6 is 15.9 Å². The summed E-state index contributed by atoms with van der Waals surface area (Å²) in [7, 11) is -1.78. The molecular formula is C15H22BrFOSi. The van der Waals surface area contributed by atoms with Crippen molar-refractivity contribution in [2.75, 3.05) is 0 Å². The Morgan fingerprint density at radius 2 is 1.95 bits per heavy atom. The highest BCUT2D eigenvalue weighted by atomic mass is 79.9. The van der Waals surface area contributed by atoms with Crippen LogP contribution in [0.1, 0.15) is 44.4 Å². The fourth-order valence-corrected chi connectivity index (χ4v) is 4.12. The maximum atomic E-state index is 13.5. The summed E-state index contributed by atoms with van der Waals surface area (Å²) in [5.74, 6) is -0.174. The van der Waals surface area contributed by atoms with Gasteiger partial charge in [-0.05, 0) is 64.1 Å². The standard InChI is InChI=1S/C15H22BrFOSi/c1-15(2,3)19(4,5)18-13-9-7-11-10(13)6-8-12(17)14(11)16/h6,8,13H,7,9H2,1-5H3/t13-/m0/s1. The van der Waals surface area contributed by atoms with Crippen LogP contribution in [-0.2, 0) is 10.8 Å². The Bertz CT molecular complexity index is 494. The monoisotopic (exact) mass is 344 g/mol. The van der Waals surface area contributed by atoms with Crippen LogP contribution in [0.25, 0.3) is 0 Å². The molecule has 0 spiro atoms. The van der Waals surface area contributed by atoms with Crippen molar-refractivity contribution in [2.24, 2.45) is 0 Å². The van der Waals surface area contributed by atoms with Crippen LogP contribution < -0.4 is 0 Å². The molecule has 4 heteroatoms. The van der Waals surface area contributed by atoms with Crippen molar-refractivity contribution in [3.8, 4) is 0 Å². The molecule has 0 saturated heterocycles. The van der Waals surface area contributed by atoms with Crippen LogP contribution in [0.3, 0.4) is 0 Å². The summed E-state index contributed by atoms with van der Waals surface area (Å²) in [6.45, 7) is 11.3. The van der Waals surface area contributed by atoms with E-state index in [1.165, 1.54) is 6.07 Å². The van der Waals surface area contributed by atoms with Crippen LogP contribution in [-0.4, -0.2) is 8.32 Å². The maximum Gasteiger partial charge on any atom is 0.192 e. The maximum absolute atomic E-state index is 13.5. The van der Waals surface area contributed by atoms with Gasteiger partial charge >= 0.3 is 0 Å². The second kappa shape index (κ2) is 4.97. The first-order valence-electron chi connectivity index (χ1n) is 6.78. The van der Waals surface area contributed by atoms with E-state index in [9.17, 15) is 4.39 Å². The predicted octanol–water partition coefficient (Wildman–Crippen LogP) is 5.60. The van der Waals surface area contributed by atoms with Crippen molar-refractivity contribution in [3.63, 3.8) is 0 Å². The van der Waals surface area contributed by atoms with Gasteiger partial charge in [-0.2, -0.15) is 0 Å². The second-order valence-electron chi connectivity index (χ2n) is 6.83. The van der Waals surface area contributed by atoms with Crippen LogP contribution in [0, 0.1) is 5.82 Å². The third-order valence-electron chi connectivity index (χ3n) is 4.48. The number of fused-ring (bicyclic) bond motifs is 1. The molecule has 0 saturated carbocycles.